The summed E-state index contributed by atoms with van der Waals surface area (Å²) in [5.74, 6) is 1.63. The predicted octanol–water partition coefficient (Wildman–Crippen LogP) is 4.00. The number of aryl methyl sites for hydroxylation is 1. The van der Waals surface area contributed by atoms with Crippen molar-refractivity contribution in [2.24, 2.45) is 0 Å². The molecule has 8 nitrogen and oxygen atoms in total. The fourth-order valence-electron chi connectivity index (χ4n) is 4.37. The van der Waals surface area contributed by atoms with Crippen LogP contribution in [-0.4, -0.2) is 52.3 Å². The zero-order valence-corrected chi connectivity index (χ0v) is 17.8. The van der Waals surface area contributed by atoms with Gasteiger partial charge in [0.1, 0.15) is 5.82 Å². The van der Waals surface area contributed by atoms with E-state index in [1.165, 1.54) is 5.56 Å². The average Bonchev–Trinajstić information content (AvgIpc) is 3.50. The molecule has 162 valence electrons. The second-order valence-corrected chi connectivity index (χ2v) is 8.26. The molecule has 0 atom stereocenters. The van der Waals surface area contributed by atoms with Crippen molar-refractivity contribution in [3.63, 3.8) is 0 Å². The van der Waals surface area contributed by atoms with E-state index in [9.17, 15) is 0 Å². The van der Waals surface area contributed by atoms with Crippen molar-refractivity contribution in [2.45, 2.75) is 25.6 Å². The first-order valence-corrected chi connectivity index (χ1v) is 10.9. The molecule has 1 spiro atoms. The Morgan fingerprint density at radius 3 is 2.34 bits per heavy atom. The van der Waals surface area contributed by atoms with E-state index in [-0.39, 0.29) is 0 Å². The number of para-hydroxylation sites is 1. The Kier molecular flexibility index (Phi) is 4.62. The van der Waals surface area contributed by atoms with Gasteiger partial charge in [0.2, 0.25) is 11.7 Å². The number of anilines is 1. The van der Waals surface area contributed by atoms with Crippen LogP contribution >= 0.6 is 0 Å². The molecule has 0 aliphatic carbocycles. The van der Waals surface area contributed by atoms with Gasteiger partial charge in [0.05, 0.1) is 18.7 Å². The lowest BCUT2D eigenvalue weighted by Gasteiger charge is -2.38. The summed E-state index contributed by atoms with van der Waals surface area (Å²) >= 11 is 0. The second kappa shape index (κ2) is 7.65. The molecule has 8 heteroatoms. The summed E-state index contributed by atoms with van der Waals surface area (Å²) in [7, 11) is 0. The van der Waals surface area contributed by atoms with Crippen LogP contribution in [0.1, 0.15) is 18.4 Å². The number of ether oxygens (including phenoxy) is 2. The molecule has 0 radical (unpaired) electrons. The molecule has 32 heavy (non-hydrogen) atoms. The minimum absolute atomic E-state index is 0.309. The first-order valence-electron chi connectivity index (χ1n) is 10.9. The van der Waals surface area contributed by atoms with Gasteiger partial charge >= 0.3 is 0 Å². The van der Waals surface area contributed by atoms with Crippen LogP contribution in [0, 0.1) is 6.92 Å². The molecule has 0 N–H and O–H groups in total. The SMILES string of the molecule is Cc1ccc(-c2nnc(-c3nc(N4CCC5(CC4)OCCO5)c4ccccc4n3)o2)cc1. The molecular weight excluding hydrogens is 406 g/mol. The van der Waals surface area contributed by atoms with Crippen LogP contribution in [0.15, 0.2) is 52.9 Å². The van der Waals surface area contributed by atoms with E-state index in [0.29, 0.717) is 30.8 Å². The summed E-state index contributed by atoms with van der Waals surface area (Å²) in [5.41, 5.74) is 2.89. The molecule has 0 bridgehead atoms. The van der Waals surface area contributed by atoms with Gasteiger partial charge in [-0.15, -0.1) is 10.2 Å². The van der Waals surface area contributed by atoms with Gasteiger partial charge in [0.25, 0.3) is 5.89 Å². The molecular formula is C24H23N5O3. The highest BCUT2D eigenvalue weighted by atomic mass is 16.7. The van der Waals surface area contributed by atoms with Crippen LogP contribution in [0.25, 0.3) is 34.1 Å². The highest BCUT2D eigenvalue weighted by Crippen LogP contribution is 2.35. The minimum Gasteiger partial charge on any atom is -0.413 e. The fourth-order valence-corrected chi connectivity index (χ4v) is 4.37. The number of benzene rings is 2. The summed E-state index contributed by atoms with van der Waals surface area (Å²) < 4.78 is 17.7. The van der Waals surface area contributed by atoms with Gasteiger partial charge in [0, 0.05) is 36.9 Å². The molecule has 6 rings (SSSR count). The number of fused-ring (bicyclic) bond motifs is 1. The summed E-state index contributed by atoms with van der Waals surface area (Å²) in [6.07, 6.45) is 1.61. The summed E-state index contributed by atoms with van der Waals surface area (Å²) in [6, 6.07) is 16.0. The number of rotatable bonds is 3. The Balaban J connectivity index is 1.36. The first-order chi connectivity index (χ1) is 15.7. The van der Waals surface area contributed by atoms with E-state index in [0.717, 1.165) is 48.2 Å². The van der Waals surface area contributed by atoms with Crippen molar-refractivity contribution in [3.05, 3.63) is 54.1 Å². The zero-order chi connectivity index (χ0) is 21.5. The van der Waals surface area contributed by atoms with E-state index in [4.69, 9.17) is 23.9 Å². The third kappa shape index (κ3) is 3.41. The quantitative estimate of drug-likeness (QED) is 0.483. The number of piperidine rings is 1. The number of nitrogens with zero attached hydrogens (tertiary/aromatic N) is 5. The lowest BCUT2D eigenvalue weighted by atomic mass is 10.0. The molecule has 0 saturated carbocycles. The Bertz CT molecular complexity index is 1250. The van der Waals surface area contributed by atoms with E-state index in [1.807, 2.05) is 55.5 Å². The maximum atomic E-state index is 5.96. The van der Waals surface area contributed by atoms with Gasteiger partial charge in [-0.3, -0.25) is 0 Å². The van der Waals surface area contributed by atoms with Crippen LogP contribution in [-0.2, 0) is 9.47 Å². The Labute approximate surface area is 185 Å². The molecule has 4 aromatic rings. The third-order valence-electron chi connectivity index (χ3n) is 6.14. The minimum atomic E-state index is -0.433. The van der Waals surface area contributed by atoms with E-state index >= 15 is 0 Å². The van der Waals surface area contributed by atoms with Gasteiger partial charge in [-0.2, -0.15) is 0 Å². The normalized spacial score (nSPS) is 18.0. The second-order valence-electron chi connectivity index (χ2n) is 8.26. The summed E-state index contributed by atoms with van der Waals surface area (Å²) in [5, 5.41) is 9.45. The van der Waals surface area contributed by atoms with Crippen LogP contribution in [0.5, 0.6) is 0 Å². The smallest absolute Gasteiger partial charge is 0.286 e. The number of hydrogen-bond acceptors (Lipinski definition) is 8. The Hall–Kier alpha value is -3.36. The maximum absolute atomic E-state index is 5.96. The first kappa shape index (κ1) is 19.3. The highest BCUT2D eigenvalue weighted by molar-refractivity contribution is 5.90. The maximum Gasteiger partial charge on any atom is 0.286 e. The lowest BCUT2D eigenvalue weighted by molar-refractivity contribution is -0.169. The molecule has 2 aromatic carbocycles. The van der Waals surface area contributed by atoms with Gasteiger partial charge in [-0.05, 0) is 31.2 Å². The van der Waals surface area contributed by atoms with Crippen molar-refractivity contribution in [1.82, 2.24) is 20.2 Å². The molecule has 0 unspecified atom stereocenters. The Morgan fingerprint density at radius 1 is 0.844 bits per heavy atom. The van der Waals surface area contributed by atoms with Crippen molar-refractivity contribution in [1.29, 1.82) is 0 Å². The number of aromatic nitrogens is 4. The zero-order valence-electron chi connectivity index (χ0n) is 17.8. The topological polar surface area (TPSA) is 86.4 Å². The van der Waals surface area contributed by atoms with Crippen molar-refractivity contribution >= 4 is 16.7 Å². The summed E-state index contributed by atoms with van der Waals surface area (Å²) in [4.78, 5) is 11.8. The molecule has 4 heterocycles. The average molecular weight is 429 g/mol. The van der Waals surface area contributed by atoms with E-state index in [1.54, 1.807) is 0 Å². The lowest BCUT2D eigenvalue weighted by Crippen LogP contribution is -2.45. The highest BCUT2D eigenvalue weighted by Gasteiger charge is 2.40. The van der Waals surface area contributed by atoms with Crippen LogP contribution < -0.4 is 4.90 Å². The molecule has 2 aliphatic heterocycles. The molecule has 2 aromatic heterocycles. The Morgan fingerprint density at radius 2 is 1.56 bits per heavy atom. The number of hydrogen-bond donors (Lipinski definition) is 0. The third-order valence-corrected chi connectivity index (χ3v) is 6.14. The van der Waals surface area contributed by atoms with Gasteiger partial charge in [0.15, 0.2) is 5.79 Å². The van der Waals surface area contributed by atoms with Crippen LogP contribution in [0.3, 0.4) is 0 Å². The largest absolute Gasteiger partial charge is 0.413 e. The van der Waals surface area contributed by atoms with Crippen molar-refractivity contribution < 1.29 is 13.9 Å². The van der Waals surface area contributed by atoms with Crippen molar-refractivity contribution in [3.8, 4) is 23.2 Å². The standard InChI is InChI=1S/C24H23N5O3/c1-16-6-8-17(9-7-16)22-27-28-23(32-22)20-25-19-5-3-2-4-18(19)21(26-20)29-12-10-24(11-13-29)30-14-15-31-24/h2-9H,10-15H2,1H3. The van der Waals surface area contributed by atoms with Gasteiger partial charge < -0.3 is 18.8 Å². The van der Waals surface area contributed by atoms with E-state index in [2.05, 4.69) is 15.1 Å². The monoisotopic (exact) mass is 429 g/mol. The van der Waals surface area contributed by atoms with Crippen LogP contribution in [0.4, 0.5) is 5.82 Å². The molecule has 2 fully saturated rings. The van der Waals surface area contributed by atoms with Crippen LogP contribution in [0.2, 0.25) is 0 Å². The molecule has 0 amide bonds. The van der Waals surface area contributed by atoms with Gasteiger partial charge in [-0.1, -0.05) is 29.8 Å². The summed E-state index contributed by atoms with van der Waals surface area (Å²) in [6.45, 7) is 4.96. The molecule has 2 aliphatic rings. The van der Waals surface area contributed by atoms with Gasteiger partial charge in [-0.25, -0.2) is 9.97 Å². The predicted molar refractivity (Wildman–Crippen MR) is 119 cm³/mol. The van der Waals surface area contributed by atoms with E-state index < -0.39 is 5.79 Å². The fraction of sp³-hybridized carbons (Fsp3) is 0.333. The molecule has 2 saturated heterocycles. The van der Waals surface area contributed by atoms with Crippen molar-refractivity contribution in [2.75, 3.05) is 31.2 Å².